The van der Waals surface area contributed by atoms with Gasteiger partial charge in [0.1, 0.15) is 0 Å². The number of rotatable bonds is 1. The van der Waals surface area contributed by atoms with Crippen molar-refractivity contribution in [3.8, 4) is 0 Å². The molecule has 58 valence electrons. The SMILES string of the molecule is [O-]/[N+](=N\O)c1ccc(Cl)cc1. The van der Waals surface area contributed by atoms with Crippen molar-refractivity contribution in [2.24, 2.45) is 5.28 Å². The van der Waals surface area contributed by atoms with Gasteiger partial charge in [0.05, 0.1) is 0 Å². The summed E-state index contributed by atoms with van der Waals surface area (Å²) in [6.07, 6.45) is 0. The molecule has 0 saturated carbocycles. The maximum atomic E-state index is 10.6. The normalized spacial score (nSPS) is 11.5. The van der Waals surface area contributed by atoms with Gasteiger partial charge in [-0.15, -0.1) is 0 Å². The standard InChI is InChI=1S/C6H5ClN2O2/c7-5-1-3-6(4-2-5)9(11)8-10/h1-4,10H/b9-8-. The van der Waals surface area contributed by atoms with Crippen molar-refractivity contribution in [1.29, 1.82) is 0 Å². The topological polar surface area (TPSA) is 58.7 Å². The highest BCUT2D eigenvalue weighted by atomic mass is 35.5. The van der Waals surface area contributed by atoms with Crippen LogP contribution in [0, 0.1) is 5.21 Å². The van der Waals surface area contributed by atoms with Gasteiger partial charge in [0.15, 0.2) is 0 Å². The van der Waals surface area contributed by atoms with Crippen molar-refractivity contribution >= 4 is 17.3 Å². The Balaban J connectivity index is 2.99. The summed E-state index contributed by atoms with van der Waals surface area (Å²) in [5.41, 5.74) is 0.233. The molecule has 4 nitrogen and oxygen atoms in total. The third kappa shape index (κ3) is 1.81. The molecule has 1 aromatic rings. The summed E-state index contributed by atoms with van der Waals surface area (Å²) < 4.78 is 0. The largest absolute Gasteiger partial charge is 0.592 e. The van der Waals surface area contributed by atoms with Crippen molar-refractivity contribution in [1.82, 2.24) is 0 Å². The first-order chi connectivity index (χ1) is 5.24. The molecule has 0 fully saturated rings. The van der Waals surface area contributed by atoms with E-state index < -0.39 is 0 Å². The molecule has 0 saturated heterocycles. The molecule has 0 spiro atoms. The molecule has 0 aliphatic carbocycles. The lowest BCUT2D eigenvalue weighted by Crippen LogP contribution is -1.88. The molecular weight excluding hydrogens is 168 g/mol. The van der Waals surface area contributed by atoms with E-state index in [1.165, 1.54) is 24.3 Å². The van der Waals surface area contributed by atoms with Gasteiger partial charge in [0.25, 0.3) is 0 Å². The van der Waals surface area contributed by atoms with Gasteiger partial charge >= 0.3 is 0 Å². The van der Waals surface area contributed by atoms with Gasteiger partial charge in [-0.05, 0) is 17.0 Å². The van der Waals surface area contributed by atoms with E-state index in [2.05, 4.69) is 5.28 Å². The van der Waals surface area contributed by atoms with Gasteiger partial charge in [0.2, 0.25) is 11.0 Å². The first-order valence-corrected chi connectivity index (χ1v) is 3.19. The Labute approximate surface area is 67.9 Å². The van der Waals surface area contributed by atoms with Gasteiger partial charge in [0, 0.05) is 17.2 Å². The number of benzene rings is 1. The highest BCUT2D eigenvalue weighted by Crippen LogP contribution is 2.15. The summed E-state index contributed by atoms with van der Waals surface area (Å²) in [6, 6.07) is 5.98. The van der Waals surface area contributed by atoms with E-state index in [4.69, 9.17) is 16.8 Å². The Morgan fingerprint density at radius 3 is 2.36 bits per heavy atom. The monoisotopic (exact) mass is 172 g/mol. The number of hydrogen-bond acceptors (Lipinski definition) is 2. The summed E-state index contributed by atoms with van der Waals surface area (Å²) in [5.74, 6) is 0. The summed E-state index contributed by atoms with van der Waals surface area (Å²) in [7, 11) is 0. The number of nitrogens with zero attached hydrogens (tertiary/aromatic N) is 2. The lowest BCUT2D eigenvalue weighted by molar-refractivity contribution is -0.473. The van der Waals surface area contributed by atoms with E-state index in [0.29, 0.717) is 5.02 Å². The van der Waals surface area contributed by atoms with Gasteiger partial charge in [-0.2, -0.15) is 0 Å². The van der Waals surface area contributed by atoms with Crippen LogP contribution in [0.4, 0.5) is 5.69 Å². The molecule has 11 heavy (non-hydrogen) atoms. The summed E-state index contributed by atoms with van der Waals surface area (Å²) in [4.78, 5) is 0.0936. The molecule has 0 radical (unpaired) electrons. The maximum absolute atomic E-state index is 10.6. The maximum Gasteiger partial charge on any atom is 0.248 e. The third-order valence-electron chi connectivity index (χ3n) is 1.13. The van der Waals surface area contributed by atoms with E-state index in [1.807, 2.05) is 0 Å². The van der Waals surface area contributed by atoms with E-state index in [0.717, 1.165) is 0 Å². The van der Waals surface area contributed by atoms with E-state index in [9.17, 15) is 5.21 Å². The van der Waals surface area contributed by atoms with Crippen LogP contribution >= 0.6 is 11.6 Å². The number of halogens is 1. The highest BCUT2D eigenvalue weighted by Gasteiger charge is 2.00. The minimum Gasteiger partial charge on any atom is -0.592 e. The van der Waals surface area contributed by atoms with Crippen LogP contribution < -0.4 is 0 Å². The van der Waals surface area contributed by atoms with Crippen LogP contribution in [0.25, 0.3) is 0 Å². The van der Waals surface area contributed by atoms with E-state index >= 15 is 0 Å². The average molecular weight is 173 g/mol. The minimum absolute atomic E-state index is 0.0936. The lowest BCUT2D eigenvalue weighted by atomic mass is 10.3. The fourth-order valence-corrected chi connectivity index (χ4v) is 0.746. The second kappa shape index (κ2) is 3.21. The molecule has 0 atom stereocenters. The van der Waals surface area contributed by atoms with Crippen molar-refractivity contribution in [2.45, 2.75) is 0 Å². The van der Waals surface area contributed by atoms with Crippen molar-refractivity contribution < 1.29 is 10.1 Å². The van der Waals surface area contributed by atoms with Crippen molar-refractivity contribution in [3.63, 3.8) is 0 Å². The van der Waals surface area contributed by atoms with Gasteiger partial charge in [-0.3, -0.25) is 0 Å². The van der Waals surface area contributed by atoms with Crippen LogP contribution in [0.15, 0.2) is 29.5 Å². The first kappa shape index (κ1) is 7.81. The second-order valence-electron chi connectivity index (χ2n) is 1.84. The Morgan fingerprint density at radius 1 is 1.36 bits per heavy atom. The van der Waals surface area contributed by atoms with Crippen LogP contribution in [0.2, 0.25) is 5.02 Å². The third-order valence-corrected chi connectivity index (χ3v) is 1.38. The molecule has 0 aromatic heterocycles. The zero-order valence-electron chi connectivity index (χ0n) is 5.44. The lowest BCUT2D eigenvalue weighted by Gasteiger charge is -1.94. The van der Waals surface area contributed by atoms with E-state index in [-0.39, 0.29) is 10.5 Å². The smallest absolute Gasteiger partial charge is 0.248 e. The molecule has 0 aliphatic rings. The predicted octanol–water partition coefficient (Wildman–Crippen LogP) is 2.32. The van der Waals surface area contributed by atoms with Crippen molar-refractivity contribution in [3.05, 3.63) is 34.5 Å². The molecule has 0 amide bonds. The molecule has 0 aliphatic heterocycles. The molecule has 1 aromatic carbocycles. The zero-order valence-corrected chi connectivity index (χ0v) is 6.19. The predicted molar refractivity (Wildman–Crippen MR) is 39.0 cm³/mol. The summed E-state index contributed by atoms with van der Waals surface area (Å²) in [5, 5.41) is 21.6. The van der Waals surface area contributed by atoms with Crippen LogP contribution in [0.1, 0.15) is 0 Å². The fourth-order valence-electron chi connectivity index (χ4n) is 0.620. The Bertz CT molecular complexity index is 270. The Kier molecular flexibility index (Phi) is 2.28. The molecule has 5 heteroatoms. The first-order valence-electron chi connectivity index (χ1n) is 2.82. The zero-order chi connectivity index (χ0) is 8.27. The van der Waals surface area contributed by atoms with Crippen LogP contribution in [-0.4, -0.2) is 10.1 Å². The summed E-state index contributed by atoms with van der Waals surface area (Å²) >= 11 is 5.55. The molecule has 1 N–H and O–H groups in total. The van der Waals surface area contributed by atoms with Crippen LogP contribution in [0.3, 0.4) is 0 Å². The highest BCUT2D eigenvalue weighted by molar-refractivity contribution is 6.30. The second-order valence-corrected chi connectivity index (χ2v) is 2.28. The van der Waals surface area contributed by atoms with Gasteiger partial charge < -0.3 is 10.4 Å². The van der Waals surface area contributed by atoms with Crippen LogP contribution in [0.5, 0.6) is 0 Å². The molecule has 1 rings (SSSR count). The average Bonchev–Trinajstić information content (AvgIpc) is 2.05. The minimum atomic E-state index is 0.0936. The van der Waals surface area contributed by atoms with E-state index in [1.54, 1.807) is 0 Å². The van der Waals surface area contributed by atoms with Crippen molar-refractivity contribution in [2.75, 3.05) is 0 Å². The molecule has 0 heterocycles. The molecular formula is C6H5ClN2O2. The van der Waals surface area contributed by atoms with Crippen LogP contribution in [-0.2, 0) is 0 Å². The van der Waals surface area contributed by atoms with Gasteiger partial charge in [-0.25, -0.2) is 0 Å². The quantitative estimate of drug-likeness (QED) is 0.402. The Morgan fingerprint density at radius 2 is 1.91 bits per heavy atom. The van der Waals surface area contributed by atoms with Gasteiger partial charge in [-0.1, -0.05) is 11.6 Å². The Hall–Kier alpha value is -1.29. The molecule has 0 bridgehead atoms. The number of hydrogen-bond donors (Lipinski definition) is 1. The summed E-state index contributed by atoms with van der Waals surface area (Å²) in [6.45, 7) is 0. The molecule has 0 unspecified atom stereocenters. The fraction of sp³-hybridized carbons (Fsp3) is 0.